The number of thiophene rings is 1. The summed E-state index contributed by atoms with van der Waals surface area (Å²) < 4.78 is 0. The molecule has 1 fully saturated rings. The number of nitrogens with zero attached hydrogens (tertiary/aromatic N) is 1. The molecule has 2 amide bonds. The van der Waals surface area contributed by atoms with Crippen molar-refractivity contribution in [3.63, 3.8) is 0 Å². The molecule has 1 aromatic heterocycles. The van der Waals surface area contributed by atoms with Crippen LogP contribution in [0, 0.1) is 6.92 Å². The number of nitrogens with one attached hydrogen (secondary N) is 1. The summed E-state index contributed by atoms with van der Waals surface area (Å²) in [6.45, 7) is 3.66. The molecule has 2 rings (SSSR count). The molecular formula is C13H16N2O4S. The van der Waals surface area contributed by atoms with Crippen molar-refractivity contribution in [2.24, 2.45) is 0 Å². The van der Waals surface area contributed by atoms with Crippen molar-refractivity contribution in [3.8, 4) is 0 Å². The lowest BCUT2D eigenvalue weighted by atomic mass is 10.1. The van der Waals surface area contributed by atoms with Crippen LogP contribution >= 0.6 is 11.3 Å². The van der Waals surface area contributed by atoms with Crippen LogP contribution < -0.4 is 5.32 Å². The Morgan fingerprint density at radius 1 is 1.55 bits per heavy atom. The molecule has 1 unspecified atom stereocenters. The van der Waals surface area contributed by atoms with Crippen LogP contribution in [-0.4, -0.2) is 46.9 Å². The average molecular weight is 296 g/mol. The fourth-order valence-corrected chi connectivity index (χ4v) is 3.26. The Hall–Kier alpha value is -1.89. The molecule has 108 valence electrons. The number of carboxylic acids is 1. The number of amides is 2. The Kier molecular flexibility index (Phi) is 4.08. The van der Waals surface area contributed by atoms with E-state index in [0.717, 1.165) is 21.8 Å². The van der Waals surface area contributed by atoms with E-state index in [9.17, 15) is 14.4 Å². The number of rotatable bonds is 3. The smallest absolute Gasteiger partial charge is 0.328 e. The number of aliphatic carboxylic acids is 1. The van der Waals surface area contributed by atoms with Crippen molar-refractivity contribution in [2.75, 3.05) is 13.1 Å². The summed E-state index contributed by atoms with van der Waals surface area (Å²) >= 11 is 1.34. The van der Waals surface area contributed by atoms with Gasteiger partial charge in [-0.2, -0.15) is 0 Å². The van der Waals surface area contributed by atoms with Gasteiger partial charge in [-0.05, 0) is 25.0 Å². The predicted octanol–water partition coefficient (Wildman–Crippen LogP) is 0.644. The molecule has 1 saturated heterocycles. The van der Waals surface area contributed by atoms with E-state index in [4.69, 9.17) is 5.11 Å². The number of hydrogen-bond acceptors (Lipinski definition) is 4. The van der Waals surface area contributed by atoms with Crippen LogP contribution in [0.5, 0.6) is 0 Å². The minimum atomic E-state index is -1.11. The molecule has 7 heteroatoms. The molecule has 0 bridgehead atoms. The minimum Gasteiger partial charge on any atom is -0.480 e. The van der Waals surface area contributed by atoms with Gasteiger partial charge in [0.15, 0.2) is 0 Å². The highest BCUT2D eigenvalue weighted by atomic mass is 32.1. The van der Waals surface area contributed by atoms with Crippen molar-refractivity contribution in [1.29, 1.82) is 0 Å². The van der Waals surface area contributed by atoms with Gasteiger partial charge in [0.05, 0.1) is 4.88 Å². The van der Waals surface area contributed by atoms with Crippen LogP contribution in [0.2, 0.25) is 0 Å². The number of hydrogen-bond donors (Lipinski definition) is 2. The van der Waals surface area contributed by atoms with Gasteiger partial charge in [-0.3, -0.25) is 9.59 Å². The summed E-state index contributed by atoms with van der Waals surface area (Å²) in [5, 5.41) is 11.6. The lowest BCUT2D eigenvalue weighted by Crippen LogP contribution is -2.59. The van der Waals surface area contributed by atoms with Crippen LogP contribution in [0.1, 0.15) is 27.0 Å². The Morgan fingerprint density at radius 2 is 2.25 bits per heavy atom. The zero-order chi connectivity index (χ0) is 14.9. The normalized spacial score (nSPS) is 18.8. The zero-order valence-corrected chi connectivity index (χ0v) is 12.1. The third kappa shape index (κ3) is 2.67. The molecule has 0 radical (unpaired) electrons. The molecule has 0 saturated carbocycles. The molecule has 1 atom stereocenters. The first-order valence-corrected chi connectivity index (χ1v) is 7.15. The Bertz CT molecular complexity index is 567. The van der Waals surface area contributed by atoms with Gasteiger partial charge in [-0.25, -0.2) is 4.79 Å². The molecular weight excluding hydrogens is 280 g/mol. The van der Waals surface area contributed by atoms with Crippen molar-refractivity contribution in [1.82, 2.24) is 10.2 Å². The lowest BCUT2D eigenvalue weighted by Gasteiger charge is -2.32. The van der Waals surface area contributed by atoms with E-state index in [1.165, 1.54) is 11.3 Å². The highest BCUT2D eigenvalue weighted by molar-refractivity contribution is 7.14. The summed E-state index contributed by atoms with van der Waals surface area (Å²) in [6, 6.07) is 0.779. The number of carbonyl (C=O) groups is 3. The van der Waals surface area contributed by atoms with Crippen molar-refractivity contribution in [2.45, 2.75) is 26.3 Å². The molecule has 2 heterocycles. The van der Waals surface area contributed by atoms with E-state index in [0.29, 0.717) is 4.88 Å². The van der Waals surface area contributed by atoms with Gasteiger partial charge in [0, 0.05) is 11.4 Å². The van der Waals surface area contributed by atoms with Crippen molar-refractivity contribution >= 4 is 29.1 Å². The number of carboxylic acid groups (broad SMARTS) is 1. The molecule has 20 heavy (non-hydrogen) atoms. The van der Waals surface area contributed by atoms with Gasteiger partial charge < -0.3 is 15.3 Å². The van der Waals surface area contributed by atoms with Crippen LogP contribution in [-0.2, 0) is 16.0 Å². The minimum absolute atomic E-state index is 0.0507. The van der Waals surface area contributed by atoms with Crippen LogP contribution in [0.3, 0.4) is 0 Å². The predicted molar refractivity (Wildman–Crippen MR) is 73.9 cm³/mol. The molecule has 1 aliphatic heterocycles. The fraction of sp³-hybridized carbons (Fsp3) is 0.462. The van der Waals surface area contributed by atoms with E-state index in [1.54, 1.807) is 6.07 Å². The molecule has 0 spiro atoms. The van der Waals surface area contributed by atoms with Gasteiger partial charge in [0.2, 0.25) is 5.91 Å². The van der Waals surface area contributed by atoms with Gasteiger partial charge >= 0.3 is 5.97 Å². The standard InChI is InChI=1S/C13H16N2O4S/c1-3-8-4-10(20-7(8)2)12(17)15-6-11(16)14-5-9(15)13(18)19/h4,9H,3,5-6H2,1-2H3,(H,14,16)(H,18,19). The maximum absolute atomic E-state index is 12.4. The third-order valence-corrected chi connectivity index (χ3v) is 4.42. The fourth-order valence-electron chi connectivity index (χ4n) is 2.19. The second kappa shape index (κ2) is 5.62. The topological polar surface area (TPSA) is 86.7 Å². The molecule has 6 nitrogen and oxygen atoms in total. The number of carbonyl (C=O) groups excluding carboxylic acids is 2. The first-order chi connectivity index (χ1) is 9.43. The highest BCUT2D eigenvalue weighted by Gasteiger charge is 2.36. The first kappa shape index (κ1) is 14.5. The summed E-state index contributed by atoms with van der Waals surface area (Å²) in [7, 11) is 0. The summed E-state index contributed by atoms with van der Waals surface area (Å²) in [4.78, 5) is 37.7. The van der Waals surface area contributed by atoms with E-state index < -0.39 is 12.0 Å². The van der Waals surface area contributed by atoms with Gasteiger partial charge in [0.1, 0.15) is 12.6 Å². The van der Waals surface area contributed by atoms with E-state index in [1.807, 2.05) is 13.8 Å². The third-order valence-electron chi connectivity index (χ3n) is 3.34. The summed E-state index contributed by atoms with van der Waals surface area (Å²) in [6.07, 6.45) is 0.818. The van der Waals surface area contributed by atoms with Gasteiger partial charge in [-0.1, -0.05) is 6.92 Å². The average Bonchev–Trinajstić information content (AvgIpc) is 2.78. The summed E-state index contributed by atoms with van der Waals surface area (Å²) in [5.41, 5.74) is 1.08. The van der Waals surface area contributed by atoms with E-state index in [-0.39, 0.29) is 24.9 Å². The molecule has 0 aliphatic carbocycles. The SMILES string of the molecule is CCc1cc(C(=O)N2CC(=O)NCC2C(=O)O)sc1C. The monoisotopic (exact) mass is 296 g/mol. The Balaban J connectivity index is 2.28. The maximum atomic E-state index is 12.4. The molecule has 1 aromatic rings. The molecule has 2 N–H and O–H groups in total. The lowest BCUT2D eigenvalue weighted by molar-refractivity contribution is -0.144. The van der Waals surface area contributed by atoms with E-state index >= 15 is 0 Å². The molecule has 0 aromatic carbocycles. The zero-order valence-electron chi connectivity index (χ0n) is 11.3. The van der Waals surface area contributed by atoms with Crippen LogP contribution in [0.25, 0.3) is 0 Å². The number of piperazine rings is 1. The number of aryl methyl sites for hydroxylation is 2. The second-order valence-electron chi connectivity index (χ2n) is 4.64. The van der Waals surface area contributed by atoms with Gasteiger partial charge in [0.25, 0.3) is 5.91 Å². The Morgan fingerprint density at radius 3 is 2.80 bits per heavy atom. The molecule has 1 aliphatic rings. The van der Waals surface area contributed by atoms with Crippen LogP contribution in [0.15, 0.2) is 6.07 Å². The Labute approximate surface area is 120 Å². The van der Waals surface area contributed by atoms with E-state index in [2.05, 4.69) is 5.32 Å². The van der Waals surface area contributed by atoms with Crippen molar-refractivity contribution in [3.05, 3.63) is 21.4 Å². The quantitative estimate of drug-likeness (QED) is 0.857. The highest BCUT2D eigenvalue weighted by Crippen LogP contribution is 2.24. The maximum Gasteiger partial charge on any atom is 0.328 e. The first-order valence-electron chi connectivity index (χ1n) is 6.33. The second-order valence-corrected chi connectivity index (χ2v) is 5.89. The van der Waals surface area contributed by atoms with Gasteiger partial charge in [-0.15, -0.1) is 11.3 Å². The summed E-state index contributed by atoms with van der Waals surface area (Å²) in [5.74, 6) is -1.83. The van der Waals surface area contributed by atoms with Crippen molar-refractivity contribution < 1.29 is 19.5 Å². The van der Waals surface area contributed by atoms with Crippen LogP contribution in [0.4, 0.5) is 0 Å². The largest absolute Gasteiger partial charge is 0.480 e.